The van der Waals surface area contributed by atoms with Crippen LogP contribution in [0.25, 0.3) is 0 Å². The Morgan fingerprint density at radius 2 is 2.12 bits per heavy atom. The van der Waals surface area contributed by atoms with E-state index in [9.17, 15) is 0 Å². The van der Waals surface area contributed by atoms with Crippen molar-refractivity contribution in [2.24, 2.45) is 4.99 Å². The topological polar surface area (TPSA) is 40.5 Å². The van der Waals surface area contributed by atoms with E-state index in [4.69, 9.17) is 4.99 Å². The van der Waals surface area contributed by atoms with Crippen LogP contribution in [0, 0.1) is 6.92 Å². The molecular formula is C18H29IN4S2. The summed E-state index contributed by atoms with van der Waals surface area (Å²) < 4.78 is 0. The number of thiazole rings is 1. The molecule has 0 unspecified atom stereocenters. The Balaban J connectivity index is 0.00000312. The zero-order chi connectivity index (χ0) is 17.2. The summed E-state index contributed by atoms with van der Waals surface area (Å²) in [5, 5.41) is 8.90. The summed E-state index contributed by atoms with van der Waals surface area (Å²) in [6.07, 6.45) is 4.39. The lowest BCUT2D eigenvalue weighted by Crippen LogP contribution is -2.40. The highest BCUT2D eigenvalue weighted by Gasteiger charge is 2.06. The zero-order valence-electron chi connectivity index (χ0n) is 15.3. The Labute approximate surface area is 176 Å². The number of nitrogens with zero attached hydrogens (tertiary/aromatic N) is 3. The predicted molar refractivity (Wildman–Crippen MR) is 122 cm³/mol. The number of rotatable bonds is 9. The summed E-state index contributed by atoms with van der Waals surface area (Å²) in [5.41, 5.74) is 1.13. The molecule has 0 aliphatic carbocycles. The van der Waals surface area contributed by atoms with Gasteiger partial charge in [0.2, 0.25) is 0 Å². The van der Waals surface area contributed by atoms with Crippen LogP contribution in [0.3, 0.4) is 0 Å². The summed E-state index contributed by atoms with van der Waals surface area (Å²) in [6, 6.07) is 4.31. The maximum Gasteiger partial charge on any atom is 0.193 e. The number of hydrogen-bond acceptors (Lipinski definition) is 4. The molecule has 0 amide bonds. The van der Waals surface area contributed by atoms with E-state index in [0.29, 0.717) is 0 Å². The smallest absolute Gasteiger partial charge is 0.193 e. The van der Waals surface area contributed by atoms with Crippen molar-refractivity contribution >= 4 is 52.6 Å². The van der Waals surface area contributed by atoms with Gasteiger partial charge in [-0.2, -0.15) is 0 Å². The first-order valence-electron chi connectivity index (χ1n) is 8.62. The minimum absolute atomic E-state index is 0. The minimum Gasteiger partial charge on any atom is -0.357 e. The quantitative estimate of drug-likeness (QED) is 0.241. The number of halogens is 1. The first kappa shape index (κ1) is 22.4. The maximum atomic E-state index is 4.77. The second-order valence-corrected chi connectivity index (χ2v) is 7.80. The monoisotopic (exact) mass is 492 g/mol. The van der Waals surface area contributed by atoms with Crippen LogP contribution in [0.2, 0.25) is 0 Å². The lowest BCUT2D eigenvalue weighted by molar-refractivity contribution is 0.486. The summed E-state index contributed by atoms with van der Waals surface area (Å²) in [6.45, 7) is 6.94. The lowest BCUT2D eigenvalue weighted by Gasteiger charge is -2.21. The van der Waals surface area contributed by atoms with Crippen LogP contribution in [-0.2, 0) is 12.8 Å². The number of guanidine groups is 1. The van der Waals surface area contributed by atoms with E-state index < -0.39 is 0 Å². The van der Waals surface area contributed by atoms with Gasteiger partial charge in [0, 0.05) is 42.6 Å². The normalized spacial score (nSPS) is 11.2. The van der Waals surface area contributed by atoms with Crippen LogP contribution >= 0.6 is 46.7 Å². The molecule has 0 saturated carbocycles. The van der Waals surface area contributed by atoms with Gasteiger partial charge in [-0.15, -0.1) is 46.7 Å². The number of likely N-dealkylation sites (N-methyl/N-ethyl adjacent to an activating group) is 1. The first-order chi connectivity index (χ1) is 11.7. The van der Waals surface area contributed by atoms with Gasteiger partial charge in [0.05, 0.1) is 5.01 Å². The van der Waals surface area contributed by atoms with Gasteiger partial charge in [0.15, 0.2) is 5.96 Å². The SMILES string of the molecule is CCNC(=NCCCCc1nc(C)cs1)N(C)CCc1cccs1.I. The third kappa shape index (κ3) is 8.50. The van der Waals surface area contributed by atoms with Crippen LogP contribution in [0.4, 0.5) is 0 Å². The number of unbranched alkanes of at least 4 members (excludes halogenated alkanes) is 1. The Hall–Kier alpha value is -0.670. The number of aromatic nitrogens is 1. The summed E-state index contributed by atoms with van der Waals surface area (Å²) >= 11 is 3.59. The molecule has 4 nitrogen and oxygen atoms in total. The third-order valence-electron chi connectivity index (χ3n) is 3.70. The summed E-state index contributed by atoms with van der Waals surface area (Å²) in [7, 11) is 2.12. The van der Waals surface area contributed by atoms with Crippen molar-refractivity contribution < 1.29 is 0 Å². The maximum absolute atomic E-state index is 4.77. The molecule has 0 atom stereocenters. The predicted octanol–water partition coefficient (Wildman–Crippen LogP) is 4.59. The highest BCUT2D eigenvalue weighted by atomic mass is 127. The molecule has 0 aliphatic rings. The Bertz CT molecular complexity index is 610. The average Bonchev–Trinajstić information content (AvgIpc) is 3.23. The molecule has 1 N–H and O–H groups in total. The van der Waals surface area contributed by atoms with Gasteiger partial charge in [-0.25, -0.2) is 4.98 Å². The van der Waals surface area contributed by atoms with E-state index in [0.717, 1.165) is 57.0 Å². The molecule has 2 heterocycles. The molecule has 0 radical (unpaired) electrons. The fraction of sp³-hybridized carbons (Fsp3) is 0.556. The number of thiophene rings is 1. The number of aliphatic imine (C=N–C) groups is 1. The van der Waals surface area contributed by atoms with E-state index in [1.165, 1.54) is 9.88 Å². The second kappa shape index (κ2) is 12.6. The van der Waals surface area contributed by atoms with E-state index in [1.54, 1.807) is 11.3 Å². The average molecular weight is 492 g/mol. The van der Waals surface area contributed by atoms with Gasteiger partial charge in [0.1, 0.15) is 0 Å². The number of hydrogen-bond donors (Lipinski definition) is 1. The van der Waals surface area contributed by atoms with Crippen molar-refractivity contribution in [3.8, 4) is 0 Å². The molecule has 0 fully saturated rings. The van der Waals surface area contributed by atoms with Gasteiger partial charge in [-0.05, 0) is 51.0 Å². The molecule has 0 aliphatic heterocycles. The van der Waals surface area contributed by atoms with E-state index >= 15 is 0 Å². The summed E-state index contributed by atoms with van der Waals surface area (Å²) in [4.78, 5) is 12.9. The van der Waals surface area contributed by atoms with Crippen LogP contribution < -0.4 is 5.32 Å². The van der Waals surface area contributed by atoms with E-state index in [2.05, 4.69) is 59.0 Å². The van der Waals surface area contributed by atoms with Crippen LogP contribution in [0.5, 0.6) is 0 Å². The van der Waals surface area contributed by atoms with Crippen molar-refractivity contribution in [2.75, 3.05) is 26.7 Å². The molecule has 2 aromatic rings. The first-order valence-corrected chi connectivity index (χ1v) is 10.4. The van der Waals surface area contributed by atoms with Gasteiger partial charge in [-0.3, -0.25) is 4.99 Å². The Morgan fingerprint density at radius 1 is 1.28 bits per heavy atom. The van der Waals surface area contributed by atoms with Crippen molar-refractivity contribution in [3.63, 3.8) is 0 Å². The fourth-order valence-electron chi connectivity index (χ4n) is 2.40. The molecule has 0 bridgehead atoms. The Morgan fingerprint density at radius 3 is 2.76 bits per heavy atom. The molecule has 2 aromatic heterocycles. The molecule has 2 rings (SSSR count). The fourth-order valence-corrected chi connectivity index (χ4v) is 3.92. The standard InChI is InChI=1S/C18H28N4S2.HI/c1-4-19-18(22(3)12-10-16-8-7-13-23-16)20-11-6-5-9-17-21-15(2)14-24-17;/h7-8,13-14H,4-6,9-12H2,1-3H3,(H,19,20);1H. The third-order valence-corrected chi connectivity index (χ3v) is 5.66. The molecule has 0 spiro atoms. The van der Waals surface area contributed by atoms with Crippen LogP contribution in [0.1, 0.15) is 35.3 Å². The summed E-state index contributed by atoms with van der Waals surface area (Å²) in [5.74, 6) is 1.01. The van der Waals surface area contributed by atoms with Crippen molar-refractivity contribution in [3.05, 3.63) is 38.5 Å². The van der Waals surface area contributed by atoms with Crippen LogP contribution in [-0.4, -0.2) is 42.5 Å². The zero-order valence-corrected chi connectivity index (χ0v) is 19.3. The van der Waals surface area contributed by atoms with E-state index in [-0.39, 0.29) is 24.0 Å². The highest BCUT2D eigenvalue weighted by Crippen LogP contribution is 2.12. The molecule has 0 aromatic carbocycles. The van der Waals surface area contributed by atoms with E-state index in [1.807, 2.05) is 11.3 Å². The number of aryl methyl sites for hydroxylation is 2. The van der Waals surface area contributed by atoms with Gasteiger partial charge >= 0.3 is 0 Å². The number of nitrogens with one attached hydrogen (secondary N) is 1. The highest BCUT2D eigenvalue weighted by molar-refractivity contribution is 14.0. The Kier molecular flexibility index (Phi) is 11.3. The second-order valence-electron chi connectivity index (χ2n) is 5.83. The molecular weight excluding hydrogens is 463 g/mol. The molecule has 140 valence electrons. The molecule has 0 saturated heterocycles. The van der Waals surface area contributed by atoms with Gasteiger partial charge in [-0.1, -0.05) is 6.07 Å². The van der Waals surface area contributed by atoms with Gasteiger partial charge in [0.25, 0.3) is 0 Å². The van der Waals surface area contributed by atoms with Crippen LogP contribution in [0.15, 0.2) is 27.9 Å². The molecule has 25 heavy (non-hydrogen) atoms. The lowest BCUT2D eigenvalue weighted by atomic mass is 10.2. The van der Waals surface area contributed by atoms with Gasteiger partial charge < -0.3 is 10.2 Å². The largest absolute Gasteiger partial charge is 0.357 e. The van der Waals surface area contributed by atoms with Crippen molar-refractivity contribution in [1.29, 1.82) is 0 Å². The minimum atomic E-state index is 0. The molecule has 7 heteroatoms. The van der Waals surface area contributed by atoms with Crippen molar-refractivity contribution in [2.45, 2.75) is 39.5 Å². The van der Waals surface area contributed by atoms with Crippen molar-refractivity contribution in [1.82, 2.24) is 15.2 Å².